The van der Waals surface area contributed by atoms with E-state index in [0.29, 0.717) is 22.0 Å². The average molecular weight is 297 g/mol. The number of nitrogens with zero attached hydrogens (tertiary/aromatic N) is 2. The Labute approximate surface area is 119 Å². The summed E-state index contributed by atoms with van der Waals surface area (Å²) in [5, 5.41) is 24.9. The van der Waals surface area contributed by atoms with Gasteiger partial charge in [0.2, 0.25) is 0 Å². The maximum absolute atomic E-state index is 10.9. The molecule has 0 saturated carbocycles. The number of benzene rings is 1. The fraction of sp³-hybridized carbons (Fsp3) is 0.273. The zero-order valence-corrected chi connectivity index (χ0v) is 11.5. The Bertz CT molecular complexity index is 551. The van der Waals surface area contributed by atoms with Crippen molar-refractivity contribution in [1.82, 2.24) is 16.1 Å². The van der Waals surface area contributed by atoms with Gasteiger partial charge in [-0.3, -0.25) is 10.2 Å². The molecule has 8 nitrogen and oxygen atoms in total. The number of aliphatic carboxylic acids is 1. The van der Waals surface area contributed by atoms with Gasteiger partial charge in [0.25, 0.3) is 0 Å². The fourth-order valence-electron chi connectivity index (χ4n) is 1.58. The number of phenols is 1. The molecule has 0 aliphatic carbocycles. The summed E-state index contributed by atoms with van der Waals surface area (Å²) in [4.78, 5) is 10.9. The van der Waals surface area contributed by atoms with Crippen LogP contribution < -0.4 is 16.7 Å². The van der Waals surface area contributed by atoms with E-state index in [2.05, 4.69) is 16.1 Å². The summed E-state index contributed by atoms with van der Waals surface area (Å²) >= 11 is 1.37. The number of rotatable bonds is 4. The summed E-state index contributed by atoms with van der Waals surface area (Å²) in [6.45, 7) is 0. The van der Waals surface area contributed by atoms with Crippen molar-refractivity contribution in [2.24, 2.45) is 10.8 Å². The van der Waals surface area contributed by atoms with Crippen LogP contribution >= 0.6 is 11.8 Å². The van der Waals surface area contributed by atoms with Gasteiger partial charge < -0.3 is 15.9 Å². The molecule has 0 amide bonds. The highest BCUT2D eigenvalue weighted by Crippen LogP contribution is 2.26. The number of hydrogen-bond donors (Lipinski definition) is 5. The van der Waals surface area contributed by atoms with Crippen molar-refractivity contribution in [2.75, 3.05) is 7.05 Å². The molecule has 1 unspecified atom stereocenters. The second-order valence-corrected chi connectivity index (χ2v) is 5.14. The van der Waals surface area contributed by atoms with E-state index < -0.39 is 12.0 Å². The van der Waals surface area contributed by atoms with Crippen molar-refractivity contribution < 1.29 is 15.0 Å². The van der Waals surface area contributed by atoms with Crippen LogP contribution in [0.3, 0.4) is 0 Å². The molecule has 0 bridgehead atoms. The van der Waals surface area contributed by atoms with Crippen molar-refractivity contribution >= 4 is 22.9 Å². The highest BCUT2D eigenvalue weighted by Gasteiger charge is 2.17. The number of hydrazine groups is 2. The Morgan fingerprint density at radius 2 is 2.35 bits per heavy atom. The molecule has 9 heteroatoms. The van der Waals surface area contributed by atoms with Gasteiger partial charge in [0.1, 0.15) is 11.8 Å². The summed E-state index contributed by atoms with van der Waals surface area (Å²) in [5.74, 6) is -0.575. The van der Waals surface area contributed by atoms with Gasteiger partial charge in [0.15, 0.2) is 5.17 Å². The molecule has 1 atom stereocenters. The predicted octanol–water partition coefficient (Wildman–Crippen LogP) is -0.0646. The minimum atomic E-state index is -1.11. The summed E-state index contributed by atoms with van der Waals surface area (Å²) < 4.78 is 0. The number of carboxylic acids is 1. The monoisotopic (exact) mass is 297 g/mol. The molecule has 1 aliphatic rings. The minimum Gasteiger partial charge on any atom is -0.508 e. The first-order valence-electron chi connectivity index (χ1n) is 5.74. The first kappa shape index (κ1) is 14.4. The van der Waals surface area contributed by atoms with Crippen LogP contribution in [0.1, 0.15) is 17.2 Å². The molecule has 2 rings (SSSR count). The highest BCUT2D eigenvalue weighted by molar-refractivity contribution is 8.13. The van der Waals surface area contributed by atoms with Crippen LogP contribution in [0.25, 0.3) is 0 Å². The van der Waals surface area contributed by atoms with Gasteiger partial charge in [0, 0.05) is 18.4 Å². The highest BCUT2D eigenvalue weighted by atomic mass is 32.2. The summed E-state index contributed by atoms with van der Waals surface area (Å²) in [6, 6.07) is 3.44. The number of phenolic OH excluding ortho intramolecular Hbond substituents is 1. The number of aromatic hydroxyl groups is 1. The summed E-state index contributed by atoms with van der Waals surface area (Å²) in [6.07, 6.45) is 0. The maximum Gasteiger partial charge on any atom is 0.325 e. The molecular formula is C11H15N5O3S. The minimum absolute atomic E-state index is 0.0961. The second-order valence-electron chi connectivity index (χ2n) is 4.18. The van der Waals surface area contributed by atoms with Crippen LogP contribution in [-0.2, 0) is 10.5 Å². The van der Waals surface area contributed by atoms with E-state index in [9.17, 15) is 9.90 Å². The number of thioether (sulfide) groups is 1. The van der Waals surface area contributed by atoms with Crippen LogP contribution in [0.2, 0.25) is 0 Å². The third-order valence-electron chi connectivity index (χ3n) is 2.66. The number of carbonyl (C=O) groups is 1. The van der Waals surface area contributed by atoms with Gasteiger partial charge in [-0.15, -0.1) is 10.2 Å². The molecule has 0 saturated heterocycles. The lowest BCUT2D eigenvalue weighted by molar-refractivity contribution is -0.138. The van der Waals surface area contributed by atoms with Gasteiger partial charge in [-0.25, -0.2) is 5.53 Å². The zero-order valence-electron chi connectivity index (χ0n) is 10.7. The molecule has 0 aromatic heterocycles. The smallest absolute Gasteiger partial charge is 0.325 e. The summed E-state index contributed by atoms with van der Waals surface area (Å²) in [5.41, 5.74) is 12.2. The quantitative estimate of drug-likeness (QED) is 0.523. The maximum atomic E-state index is 10.9. The number of nitrogens with two attached hydrogens (primary N) is 1. The van der Waals surface area contributed by atoms with Crippen LogP contribution in [0, 0.1) is 0 Å². The van der Waals surface area contributed by atoms with Gasteiger partial charge in [0.05, 0.1) is 0 Å². The standard InChI is InChI=1S/C11H15N5O3S/c1-16-14-11(13-15-16)20-5-7-4-6(2-3-8(7)17)9(12)10(18)19/h2-4,9,15,17H,5,12H2,1H3,(H,13,14)(H,18,19). The topological polar surface area (TPSA) is 123 Å². The largest absolute Gasteiger partial charge is 0.508 e. The Hall–Kier alpha value is -1.97. The Kier molecular flexibility index (Phi) is 4.32. The average Bonchev–Trinajstić information content (AvgIpc) is 2.82. The number of hydrogen-bond acceptors (Lipinski definition) is 8. The number of nitrogens with one attached hydrogen (secondary N) is 2. The molecule has 1 aromatic carbocycles. The third kappa shape index (κ3) is 3.32. The molecule has 0 spiro atoms. The van der Waals surface area contributed by atoms with Gasteiger partial charge in [-0.1, -0.05) is 17.8 Å². The van der Waals surface area contributed by atoms with E-state index in [4.69, 9.17) is 10.8 Å². The van der Waals surface area contributed by atoms with Crippen molar-refractivity contribution in [2.45, 2.75) is 11.8 Å². The molecule has 20 heavy (non-hydrogen) atoms. The zero-order chi connectivity index (χ0) is 14.7. The van der Waals surface area contributed by atoms with Crippen molar-refractivity contribution in [3.8, 4) is 5.75 Å². The van der Waals surface area contributed by atoms with Gasteiger partial charge >= 0.3 is 5.97 Å². The van der Waals surface area contributed by atoms with Crippen molar-refractivity contribution in [1.29, 1.82) is 0 Å². The van der Waals surface area contributed by atoms with Gasteiger partial charge in [-0.05, 0) is 17.7 Å². The van der Waals surface area contributed by atoms with Crippen LogP contribution in [0.4, 0.5) is 0 Å². The molecule has 1 aliphatic heterocycles. The Morgan fingerprint density at radius 1 is 1.60 bits per heavy atom. The third-order valence-corrected chi connectivity index (χ3v) is 3.57. The van der Waals surface area contributed by atoms with Crippen LogP contribution in [0.5, 0.6) is 5.75 Å². The normalized spacial score (nSPS) is 16.2. The lowest BCUT2D eigenvalue weighted by atomic mass is 10.0. The van der Waals surface area contributed by atoms with Crippen LogP contribution in [-0.4, -0.2) is 33.5 Å². The second kappa shape index (κ2) is 5.99. The van der Waals surface area contributed by atoms with E-state index in [1.54, 1.807) is 18.2 Å². The van der Waals surface area contributed by atoms with E-state index in [1.807, 2.05) is 0 Å². The molecule has 108 valence electrons. The number of amidine groups is 1. The van der Waals surface area contributed by atoms with Gasteiger partial charge in [-0.2, -0.15) is 0 Å². The molecule has 1 aromatic rings. The van der Waals surface area contributed by atoms with Crippen LogP contribution in [0.15, 0.2) is 23.3 Å². The SMILES string of the molecule is CN1NN=C(SCc2cc(C(N)C(=O)O)ccc2O)N1. The first-order chi connectivity index (χ1) is 9.47. The van der Waals surface area contributed by atoms with E-state index in [1.165, 1.54) is 23.9 Å². The van der Waals surface area contributed by atoms with E-state index in [-0.39, 0.29) is 5.75 Å². The molecule has 0 fully saturated rings. The van der Waals surface area contributed by atoms with E-state index in [0.717, 1.165) is 0 Å². The summed E-state index contributed by atoms with van der Waals surface area (Å²) in [7, 11) is 1.76. The number of hydrazone groups is 1. The Morgan fingerprint density at radius 3 is 2.95 bits per heavy atom. The molecular weight excluding hydrogens is 282 g/mol. The molecule has 6 N–H and O–H groups in total. The molecule has 1 heterocycles. The number of carboxylic acid groups (broad SMARTS) is 1. The lowest BCUT2D eigenvalue weighted by Crippen LogP contribution is -2.36. The Balaban J connectivity index is 2.07. The first-order valence-corrected chi connectivity index (χ1v) is 6.72. The fourth-order valence-corrected chi connectivity index (χ4v) is 2.41. The van der Waals surface area contributed by atoms with Crippen molar-refractivity contribution in [3.63, 3.8) is 0 Å². The van der Waals surface area contributed by atoms with E-state index >= 15 is 0 Å². The van der Waals surface area contributed by atoms with Crippen molar-refractivity contribution in [3.05, 3.63) is 29.3 Å². The molecule has 0 radical (unpaired) electrons. The lowest BCUT2D eigenvalue weighted by Gasteiger charge is -2.11. The predicted molar refractivity (Wildman–Crippen MR) is 75.4 cm³/mol.